The van der Waals surface area contributed by atoms with Crippen LogP contribution in [0.1, 0.15) is 51.6 Å². The molecule has 33 heavy (non-hydrogen) atoms. The Bertz CT molecular complexity index is 1010. The van der Waals surface area contributed by atoms with Crippen LogP contribution in [0.25, 0.3) is 11.5 Å². The molecule has 178 valence electrons. The van der Waals surface area contributed by atoms with Gasteiger partial charge >= 0.3 is 0 Å². The minimum atomic E-state index is -0.884. The van der Waals surface area contributed by atoms with Crippen molar-refractivity contribution in [1.82, 2.24) is 20.5 Å². The molecule has 2 unspecified atom stereocenters. The van der Waals surface area contributed by atoms with E-state index in [2.05, 4.69) is 34.3 Å². The summed E-state index contributed by atoms with van der Waals surface area (Å²) in [6.07, 6.45) is 4.47. The Hall–Kier alpha value is -3.04. The second kappa shape index (κ2) is 11.2. The molecular formula is C24H32N4O5. The number of aliphatic hydroxyl groups excluding tert-OH is 2. The first-order chi connectivity index (χ1) is 15.8. The lowest BCUT2D eigenvalue weighted by Crippen LogP contribution is -2.36. The van der Waals surface area contributed by atoms with E-state index in [1.165, 1.54) is 0 Å². The Morgan fingerprint density at radius 1 is 1.30 bits per heavy atom. The van der Waals surface area contributed by atoms with E-state index in [1.54, 1.807) is 6.20 Å². The highest BCUT2D eigenvalue weighted by molar-refractivity contribution is 5.76. The number of nitrogens with zero attached hydrogens (tertiary/aromatic N) is 3. The summed E-state index contributed by atoms with van der Waals surface area (Å²) in [7, 11) is 0. The molecule has 0 saturated heterocycles. The van der Waals surface area contributed by atoms with Gasteiger partial charge in [0.25, 0.3) is 0 Å². The Morgan fingerprint density at radius 2 is 2.09 bits per heavy atom. The molecule has 9 nitrogen and oxygen atoms in total. The number of pyridine rings is 1. The van der Waals surface area contributed by atoms with Gasteiger partial charge in [0.15, 0.2) is 0 Å². The maximum Gasteiger partial charge on any atom is 0.249 e. The Balaban J connectivity index is 1.61. The third-order valence-electron chi connectivity index (χ3n) is 5.27. The summed E-state index contributed by atoms with van der Waals surface area (Å²) < 4.78 is 11.8. The van der Waals surface area contributed by atoms with Crippen molar-refractivity contribution in [2.75, 3.05) is 19.8 Å². The van der Waals surface area contributed by atoms with Crippen LogP contribution in [-0.2, 0) is 16.0 Å². The van der Waals surface area contributed by atoms with Crippen LogP contribution in [0.2, 0.25) is 0 Å². The molecule has 1 aliphatic carbocycles. The van der Waals surface area contributed by atoms with E-state index in [-0.39, 0.29) is 19.1 Å². The Labute approximate surface area is 193 Å². The summed E-state index contributed by atoms with van der Waals surface area (Å²) in [5, 5.41) is 29.6. The van der Waals surface area contributed by atoms with Crippen LogP contribution in [0.5, 0.6) is 0 Å². The van der Waals surface area contributed by atoms with Crippen molar-refractivity contribution in [3.63, 3.8) is 0 Å². The predicted octanol–water partition coefficient (Wildman–Crippen LogP) is 2.52. The van der Waals surface area contributed by atoms with Crippen molar-refractivity contribution in [2.24, 2.45) is 5.92 Å². The molecule has 2 aromatic rings. The third kappa shape index (κ3) is 6.72. The second-order valence-corrected chi connectivity index (χ2v) is 8.78. The molecule has 9 heteroatoms. The molecule has 0 saturated carbocycles. The van der Waals surface area contributed by atoms with Crippen molar-refractivity contribution < 1.29 is 24.2 Å². The van der Waals surface area contributed by atoms with Crippen LogP contribution in [-0.4, -0.2) is 57.2 Å². The zero-order chi connectivity index (χ0) is 24.0. The summed E-state index contributed by atoms with van der Waals surface area (Å²) in [4.78, 5) is 15.6. The fraction of sp³-hybridized carbons (Fsp3) is 0.500. The summed E-state index contributed by atoms with van der Waals surface area (Å²) in [6.45, 7) is 7.64. The quantitative estimate of drug-likeness (QED) is 0.497. The average Bonchev–Trinajstić information content (AvgIpc) is 3.27. The molecule has 0 aromatic carbocycles. The molecule has 0 spiro atoms. The Kier molecular flexibility index (Phi) is 8.35. The van der Waals surface area contributed by atoms with Gasteiger partial charge < -0.3 is 24.7 Å². The minimum Gasteiger partial charge on any atom is -0.491 e. The van der Waals surface area contributed by atoms with Gasteiger partial charge in [-0.3, -0.25) is 9.78 Å². The summed E-state index contributed by atoms with van der Waals surface area (Å²) >= 11 is 0. The highest BCUT2D eigenvalue weighted by Gasteiger charge is 2.25. The normalized spacial score (nSPS) is 17.2. The second-order valence-electron chi connectivity index (χ2n) is 8.78. The van der Waals surface area contributed by atoms with Gasteiger partial charge in [0.2, 0.25) is 17.7 Å². The first-order valence-corrected chi connectivity index (χ1v) is 11.1. The third-order valence-corrected chi connectivity index (χ3v) is 5.27. The van der Waals surface area contributed by atoms with Crippen molar-refractivity contribution in [3.8, 4) is 11.5 Å². The molecule has 1 amide bonds. The molecule has 2 aromatic heterocycles. The van der Waals surface area contributed by atoms with Gasteiger partial charge in [0.05, 0.1) is 11.5 Å². The number of nitrogens with one attached hydrogen (secondary N) is 1. The number of amides is 1. The number of aromatic nitrogens is 3. The number of aliphatic hydroxyl groups is 2. The van der Waals surface area contributed by atoms with Crippen LogP contribution >= 0.6 is 0 Å². The van der Waals surface area contributed by atoms with E-state index in [0.717, 1.165) is 28.8 Å². The molecule has 0 aliphatic heterocycles. The number of allylic oxidation sites excluding steroid dienone is 3. The molecule has 3 N–H and O–H groups in total. The van der Waals surface area contributed by atoms with Gasteiger partial charge in [0.1, 0.15) is 25.1 Å². The van der Waals surface area contributed by atoms with E-state index in [0.29, 0.717) is 29.9 Å². The van der Waals surface area contributed by atoms with E-state index in [1.807, 2.05) is 32.1 Å². The molecular weight excluding hydrogens is 424 g/mol. The molecule has 3 rings (SSSR count). The SMILES string of the molecule is CC1=CC(c2nnc(-c3ccc(CC(C)C)nc3)o2)CC(C)=C1OCC(O)CNC(=O)CO. The van der Waals surface area contributed by atoms with Crippen LogP contribution < -0.4 is 5.32 Å². The van der Waals surface area contributed by atoms with Crippen LogP contribution in [0.4, 0.5) is 0 Å². The zero-order valence-electron chi connectivity index (χ0n) is 19.5. The number of carbonyl (C=O) groups excluding carboxylic acids is 1. The standard InChI is InChI=1S/C24H32N4O5/c1-14(2)7-19-6-5-17(10-25-19)23-27-28-24(33-23)18-8-15(3)22(16(4)9-18)32-13-20(30)11-26-21(31)12-29/h5-6,8,10,14,18,20,29-30H,7,9,11-13H2,1-4H3,(H,26,31). The maximum absolute atomic E-state index is 11.1. The van der Waals surface area contributed by atoms with Crippen molar-refractivity contribution >= 4 is 5.91 Å². The van der Waals surface area contributed by atoms with Gasteiger partial charge in [-0.2, -0.15) is 0 Å². The van der Waals surface area contributed by atoms with Gasteiger partial charge in [-0.25, -0.2) is 0 Å². The topological polar surface area (TPSA) is 131 Å². The number of rotatable bonds is 10. The van der Waals surface area contributed by atoms with E-state index in [4.69, 9.17) is 14.3 Å². The summed E-state index contributed by atoms with van der Waals surface area (Å²) in [5.74, 6) is 1.61. The largest absolute Gasteiger partial charge is 0.491 e. The van der Waals surface area contributed by atoms with E-state index >= 15 is 0 Å². The van der Waals surface area contributed by atoms with Crippen LogP contribution in [0.3, 0.4) is 0 Å². The first-order valence-electron chi connectivity index (χ1n) is 11.1. The lowest BCUT2D eigenvalue weighted by Gasteiger charge is -2.23. The summed E-state index contributed by atoms with van der Waals surface area (Å²) in [5.41, 5.74) is 3.74. The van der Waals surface area contributed by atoms with Crippen molar-refractivity contribution in [1.29, 1.82) is 0 Å². The average molecular weight is 457 g/mol. The van der Waals surface area contributed by atoms with Crippen molar-refractivity contribution in [2.45, 2.75) is 52.6 Å². The van der Waals surface area contributed by atoms with Gasteiger partial charge in [0, 0.05) is 18.4 Å². The van der Waals surface area contributed by atoms with Crippen molar-refractivity contribution in [3.05, 3.63) is 52.9 Å². The highest BCUT2D eigenvalue weighted by atomic mass is 16.5. The number of ether oxygens (including phenoxy) is 1. The molecule has 0 bridgehead atoms. The smallest absolute Gasteiger partial charge is 0.249 e. The van der Waals surface area contributed by atoms with E-state index < -0.39 is 18.6 Å². The maximum atomic E-state index is 11.1. The van der Waals surface area contributed by atoms with Crippen LogP contribution in [0.15, 0.2) is 45.7 Å². The number of hydrogen-bond acceptors (Lipinski definition) is 8. The van der Waals surface area contributed by atoms with E-state index in [9.17, 15) is 9.90 Å². The monoisotopic (exact) mass is 456 g/mol. The molecule has 2 heterocycles. The molecule has 0 fully saturated rings. The minimum absolute atomic E-state index is 0.00910. The first kappa shape index (κ1) is 24.6. The van der Waals surface area contributed by atoms with Gasteiger partial charge in [-0.05, 0) is 55.9 Å². The highest BCUT2D eigenvalue weighted by Crippen LogP contribution is 2.35. The molecule has 0 radical (unpaired) electrons. The fourth-order valence-electron chi connectivity index (χ4n) is 3.71. The summed E-state index contributed by atoms with van der Waals surface area (Å²) in [6, 6.07) is 3.94. The lowest BCUT2D eigenvalue weighted by molar-refractivity contribution is -0.124. The number of hydrogen-bond donors (Lipinski definition) is 3. The van der Waals surface area contributed by atoms with Gasteiger partial charge in [-0.15, -0.1) is 10.2 Å². The van der Waals surface area contributed by atoms with Crippen LogP contribution in [0, 0.1) is 5.92 Å². The predicted molar refractivity (Wildman–Crippen MR) is 122 cm³/mol. The fourth-order valence-corrected chi connectivity index (χ4v) is 3.71. The molecule has 1 aliphatic rings. The Morgan fingerprint density at radius 3 is 2.73 bits per heavy atom. The van der Waals surface area contributed by atoms with Gasteiger partial charge in [-0.1, -0.05) is 19.9 Å². The lowest BCUT2D eigenvalue weighted by atomic mass is 9.90. The molecule has 2 atom stereocenters. The number of carbonyl (C=O) groups is 1. The zero-order valence-corrected chi connectivity index (χ0v) is 19.5.